The average Bonchev–Trinajstić information content (AvgIpc) is 3.56. The van der Waals surface area contributed by atoms with Crippen molar-refractivity contribution < 1.29 is 32.2 Å². The average molecular weight is 590 g/mol. The van der Waals surface area contributed by atoms with Crippen LogP contribution in [0.15, 0.2) is 72.9 Å². The van der Waals surface area contributed by atoms with Crippen molar-refractivity contribution in [1.82, 2.24) is 14.3 Å². The number of methoxy groups -OCH3 is 1. The summed E-state index contributed by atoms with van der Waals surface area (Å²) >= 11 is 0. The second kappa shape index (κ2) is 10.6. The Morgan fingerprint density at radius 2 is 1.74 bits per heavy atom. The van der Waals surface area contributed by atoms with E-state index >= 15 is 0 Å². The first-order valence-corrected chi connectivity index (χ1v) is 14.0. The zero-order chi connectivity index (χ0) is 30.5. The second-order valence-corrected chi connectivity index (χ2v) is 11.4. The van der Waals surface area contributed by atoms with Gasteiger partial charge in [-0.05, 0) is 66.6 Å². The Bertz CT molecular complexity index is 1850. The van der Waals surface area contributed by atoms with Crippen LogP contribution in [-0.2, 0) is 33.5 Å². The highest BCUT2D eigenvalue weighted by atomic mass is 19.4. The van der Waals surface area contributed by atoms with Crippen molar-refractivity contribution in [1.29, 1.82) is 0 Å². The SMILES string of the molecule is COC(=O)C1(Cc2c(C(C)C)n(-c3cccc(C(F)(F)F)c3)c3cc4cnn(C(=O)OCc5ccccc5)c4cc23)CC1. The minimum Gasteiger partial charge on any atom is -0.469 e. The number of carbonyl (C=O) groups excluding carboxylic acids is 2. The molecule has 1 aliphatic rings. The molecule has 0 bridgehead atoms. The molecule has 6 rings (SSSR count). The molecule has 3 aromatic carbocycles. The molecule has 10 heteroatoms. The molecule has 5 aromatic rings. The molecule has 43 heavy (non-hydrogen) atoms. The van der Waals surface area contributed by atoms with Crippen molar-refractivity contribution in [2.24, 2.45) is 5.41 Å². The Balaban J connectivity index is 1.54. The number of benzene rings is 3. The maximum atomic E-state index is 13.8. The van der Waals surface area contributed by atoms with Gasteiger partial charge in [0, 0.05) is 22.2 Å². The van der Waals surface area contributed by atoms with Crippen LogP contribution in [0.1, 0.15) is 55.0 Å². The van der Waals surface area contributed by atoms with Gasteiger partial charge in [-0.15, -0.1) is 0 Å². The lowest BCUT2D eigenvalue weighted by Crippen LogP contribution is -2.21. The van der Waals surface area contributed by atoms with E-state index in [9.17, 15) is 22.8 Å². The van der Waals surface area contributed by atoms with E-state index in [1.54, 1.807) is 6.07 Å². The molecule has 2 aromatic heterocycles. The minimum atomic E-state index is -4.52. The smallest absolute Gasteiger partial charge is 0.435 e. The van der Waals surface area contributed by atoms with Gasteiger partial charge in [0.05, 0.1) is 35.3 Å². The molecule has 0 spiro atoms. The first kappa shape index (κ1) is 28.5. The Kier molecular flexibility index (Phi) is 7.02. The van der Waals surface area contributed by atoms with Gasteiger partial charge in [-0.25, -0.2) is 4.79 Å². The Morgan fingerprint density at radius 1 is 1.00 bits per heavy atom. The van der Waals surface area contributed by atoms with E-state index in [0.717, 1.165) is 34.3 Å². The van der Waals surface area contributed by atoms with Crippen LogP contribution in [0.25, 0.3) is 27.5 Å². The fourth-order valence-corrected chi connectivity index (χ4v) is 5.87. The highest BCUT2D eigenvalue weighted by Gasteiger charge is 2.51. The summed E-state index contributed by atoms with van der Waals surface area (Å²) in [5.74, 6) is -0.418. The van der Waals surface area contributed by atoms with Crippen molar-refractivity contribution in [3.63, 3.8) is 0 Å². The standard InChI is InChI=1S/C33H30F3N3O4/c1-20(2)29-26(17-32(12-13-32)30(40)42-3)25-16-27-22(18-37-39(27)31(41)43-19-21-8-5-4-6-9-21)14-28(25)38(29)24-11-7-10-23(15-24)33(34,35)36/h4-11,14-16,18,20H,12-13,17,19H2,1-3H3. The Hall–Kier alpha value is -4.60. The molecule has 0 atom stereocenters. The fourth-order valence-electron chi connectivity index (χ4n) is 5.87. The molecule has 0 radical (unpaired) electrons. The first-order chi connectivity index (χ1) is 20.5. The van der Waals surface area contributed by atoms with E-state index in [-0.39, 0.29) is 18.5 Å². The number of alkyl halides is 3. The molecule has 1 fully saturated rings. The van der Waals surface area contributed by atoms with Gasteiger partial charge in [-0.1, -0.05) is 50.2 Å². The number of nitrogens with zero attached hydrogens (tertiary/aromatic N) is 3. The van der Waals surface area contributed by atoms with Crippen LogP contribution in [0.4, 0.5) is 18.0 Å². The lowest BCUT2D eigenvalue weighted by Gasteiger charge is -2.19. The highest BCUT2D eigenvalue weighted by Crippen LogP contribution is 2.52. The quantitative estimate of drug-likeness (QED) is 0.181. The van der Waals surface area contributed by atoms with Crippen molar-refractivity contribution in [2.75, 3.05) is 7.11 Å². The third-order valence-electron chi connectivity index (χ3n) is 8.15. The molecule has 0 N–H and O–H groups in total. The number of aromatic nitrogens is 3. The number of hydrogen-bond donors (Lipinski definition) is 0. The summed E-state index contributed by atoms with van der Waals surface area (Å²) in [5, 5.41) is 5.62. The van der Waals surface area contributed by atoms with Crippen molar-refractivity contribution in [3.05, 3.63) is 95.3 Å². The van der Waals surface area contributed by atoms with Crippen LogP contribution >= 0.6 is 0 Å². The number of rotatable bonds is 7. The van der Waals surface area contributed by atoms with E-state index in [4.69, 9.17) is 9.47 Å². The van der Waals surface area contributed by atoms with Gasteiger partial charge < -0.3 is 14.0 Å². The van der Waals surface area contributed by atoms with Crippen LogP contribution in [-0.4, -0.2) is 33.5 Å². The monoisotopic (exact) mass is 589 g/mol. The Labute approximate surface area is 245 Å². The molecule has 7 nitrogen and oxygen atoms in total. The molecule has 0 amide bonds. The van der Waals surface area contributed by atoms with Crippen LogP contribution in [0.5, 0.6) is 0 Å². The van der Waals surface area contributed by atoms with Crippen LogP contribution in [0.2, 0.25) is 0 Å². The number of ether oxygens (including phenoxy) is 2. The number of fused-ring (bicyclic) bond motifs is 2. The van der Waals surface area contributed by atoms with E-state index in [1.165, 1.54) is 24.1 Å². The summed E-state index contributed by atoms with van der Waals surface area (Å²) < 4.78 is 55.0. The number of halogens is 3. The summed E-state index contributed by atoms with van der Waals surface area (Å²) in [6.45, 7) is 4.02. The number of esters is 1. The van der Waals surface area contributed by atoms with Gasteiger partial charge in [0.25, 0.3) is 0 Å². The Morgan fingerprint density at radius 3 is 2.40 bits per heavy atom. The topological polar surface area (TPSA) is 75.4 Å². The van der Waals surface area contributed by atoms with Crippen LogP contribution < -0.4 is 0 Å². The van der Waals surface area contributed by atoms with E-state index in [0.29, 0.717) is 41.4 Å². The zero-order valence-corrected chi connectivity index (χ0v) is 23.9. The first-order valence-electron chi connectivity index (χ1n) is 14.0. The maximum absolute atomic E-state index is 13.8. The molecule has 222 valence electrons. The molecule has 0 unspecified atom stereocenters. The largest absolute Gasteiger partial charge is 0.469 e. The summed E-state index contributed by atoms with van der Waals surface area (Å²) in [6, 6.07) is 18.1. The van der Waals surface area contributed by atoms with Crippen LogP contribution in [0, 0.1) is 5.41 Å². The van der Waals surface area contributed by atoms with Gasteiger partial charge in [0.2, 0.25) is 0 Å². The zero-order valence-electron chi connectivity index (χ0n) is 23.9. The summed E-state index contributed by atoms with van der Waals surface area (Å²) in [6.07, 6.45) is -1.98. The van der Waals surface area contributed by atoms with Crippen molar-refractivity contribution >= 4 is 33.9 Å². The minimum absolute atomic E-state index is 0.0690. The van der Waals surface area contributed by atoms with Crippen molar-refractivity contribution in [2.45, 2.75) is 51.8 Å². The summed E-state index contributed by atoms with van der Waals surface area (Å²) in [7, 11) is 1.36. The molecule has 1 aliphatic carbocycles. The molecular weight excluding hydrogens is 559 g/mol. The lowest BCUT2D eigenvalue weighted by molar-refractivity contribution is -0.147. The van der Waals surface area contributed by atoms with E-state index in [2.05, 4.69) is 5.10 Å². The van der Waals surface area contributed by atoms with Gasteiger partial charge in [0.15, 0.2) is 0 Å². The highest BCUT2D eigenvalue weighted by molar-refractivity contribution is 6.01. The number of carbonyl (C=O) groups is 2. The van der Waals surface area contributed by atoms with Gasteiger partial charge >= 0.3 is 18.2 Å². The predicted molar refractivity (Wildman–Crippen MR) is 155 cm³/mol. The second-order valence-electron chi connectivity index (χ2n) is 11.4. The van der Waals surface area contributed by atoms with Crippen LogP contribution in [0.3, 0.4) is 0 Å². The molecule has 1 saturated carbocycles. The summed E-state index contributed by atoms with van der Waals surface area (Å²) in [5.41, 5.74) is 2.50. The van der Waals surface area contributed by atoms with E-state index < -0.39 is 23.2 Å². The molecule has 0 aliphatic heterocycles. The van der Waals surface area contributed by atoms with Gasteiger partial charge in [0.1, 0.15) is 6.61 Å². The van der Waals surface area contributed by atoms with Crippen molar-refractivity contribution in [3.8, 4) is 5.69 Å². The van der Waals surface area contributed by atoms with E-state index in [1.807, 2.05) is 60.9 Å². The van der Waals surface area contributed by atoms with Gasteiger partial charge in [-0.3, -0.25) is 4.79 Å². The van der Waals surface area contributed by atoms with Gasteiger partial charge in [-0.2, -0.15) is 23.0 Å². The maximum Gasteiger partial charge on any atom is 0.435 e. The molecular formula is C33H30F3N3O4. The lowest BCUT2D eigenvalue weighted by atomic mass is 9.91. The number of hydrogen-bond acceptors (Lipinski definition) is 5. The normalized spacial score (nSPS) is 14.4. The predicted octanol–water partition coefficient (Wildman–Crippen LogP) is 7.80. The third kappa shape index (κ3) is 5.15. The third-order valence-corrected chi connectivity index (χ3v) is 8.15. The molecule has 2 heterocycles. The summed E-state index contributed by atoms with van der Waals surface area (Å²) in [4.78, 5) is 25.9. The fraction of sp³-hybridized carbons (Fsp3) is 0.303. The molecule has 0 saturated heterocycles.